The molecular formula is C50H32O. The highest BCUT2D eigenvalue weighted by molar-refractivity contribution is 6.22. The highest BCUT2D eigenvalue weighted by atomic mass is 16.3. The van der Waals surface area contributed by atoms with E-state index in [1.807, 2.05) is 12.1 Å². The molecule has 0 saturated heterocycles. The first-order chi connectivity index (χ1) is 25.3. The SMILES string of the molecule is c1ccc(-c2cccc(-c3c4ccccc4c(-c4ccccc4)c4ccc(-c5cccc(-c6cccc7c6oc6ccccc67)c5)cc34)c2)cc1. The fourth-order valence-electron chi connectivity index (χ4n) is 7.91. The second-order valence-corrected chi connectivity index (χ2v) is 13.2. The normalized spacial score (nSPS) is 11.5. The van der Waals surface area contributed by atoms with Gasteiger partial charge in [-0.25, -0.2) is 0 Å². The molecule has 0 fully saturated rings. The zero-order valence-corrected chi connectivity index (χ0v) is 27.9. The van der Waals surface area contributed by atoms with Gasteiger partial charge in [0.05, 0.1) is 0 Å². The van der Waals surface area contributed by atoms with Crippen LogP contribution in [0.15, 0.2) is 199 Å². The Labute approximate surface area is 296 Å². The Morgan fingerprint density at radius 1 is 0.255 bits per heavy atom. The summed E-state index contributed by atoms with van der Waals surface area (Å²) in [5.74, 6) is 0. The van der Waals surface area contributed by atoms with Crippen LogP contribution in [0.3, 0.4) is 0 Å². The molecule has 10 rings (SSSR count). The summed E-state index contributed by atoms with van der Waals surface area (Å²) in [5.41, 5.74) is 13.8. The summed E-state index contributed by atoms with van der Waals surface area (Å²) in [6.07, 6.45) is 0. The zero-order chi connectivity index (χ0) is 33.7. The maximum absolute atomic E-state index is 6.44. The fraction of sp³-hybridized carbons (Fsp3) is 0. The minimum Gasteiger partial charge on any atom is -0.455 e. The molecule has 10 aromatic rings. The fourth-order valence-corrected chi connectivity index (χ4v) is 7.91. The number of benzene rings is 9. The van der Waals surface area contributed by atoms with Crippen molar-refractivity contribution in [3.8, 4) is 55.6 Å². The molecule has 0 aliphatic carbocycles. The Hall–Kier alpha value is -6.70. The molecule has 0 N–H and O–H groups in total. The third-order valence-corrected chi connectivity index (χ3v) is 10.3. The van der Waals surface area contributed by atoms with E-state index in [1.54, 1.807) is 0 Å². The Bertz CT molecular complexity index is 2900. The molecule has 238 valence electrons. The molecule has 0 bridgehead atoms. The second kappa shape index (κ2) is 12.0. The molecule has 0 amide bonds. The minimum atomic E-state index is 0.913. The van der Waals surface area contributed by atoms with Gasteiger partial charge in [0.15, 0.2) is 0 Å². The topological polar surface area (TPSA) is 13.1 Å². The average Bonchev–Trinajstić information content (AvgIpc) is 3.59. The van der Waals surface area contributed by atoms with E-state index >= 15 is 0 Å². The molecule has 0 saturated carbocycles. The van der Waals surface area contributed by atoms with Gasteiger partial charge in [0.1, 0.15) is 11.2 Å². The molecule has 0 unspecified atom stereocenters. The van der Waals surface area contributed by atoms with Crippen molar-refractivity contribution in [2.75, 3.05) is 0 Å². The Kier molecular flexibility index (Phi) is 6.89. The van der Waals surface area contributed by atoms with Gasteiger partial charge in [0, 0.05) is 16.3 Å². The molecule has 9 aromatic carbocycles. The van der Waals surface area contributed by atoms with Gasteiger partial charge in [-0.1, -0.05) is 170 Å². The van der Waals surface area contributed by atoms with Crippen LogP contribution in [0.1, 0.15) is 0 Å². The highest BCUT2D eigenvalue weighted by Gasteiger charge is 2.18. The summed E-state index contributed by atoms with van der Waals surface area (Å²) in [5, 5.41) is 7.26. The summed E-state index contributed by atoms with van der Waals surface area (Å²) in [6.45, 7) is 0. The number of hydrogen-bond donors (Lipinski definition) is 0. The lowest BCUT2D eigenvalue weighted by atomic mass is 9.84. The highest BCUT2D eigenvalue weighted by Crippen LogP contribution is 2.46. The molecule has 0 spiro atoms. The summed E-state index contributed by atoms with van der Waals surface area (Å²) in [7, 11) is 0. The first-order valence-electron chi connectivity index (χ1n) is 17.5. The molecule has 0 aliphatic rings. The molecule has 1 heterocycles. The van der Waals surface area contributed by atoms with Crippen LogP contribution in [0.2, 0.25) is 0 Å². The standard InChI is InChI=1S/C50H32O/c1-3-14-33(15-4-1)35-18-12-21-39(31-35)49-43-24-8-7-23-42(43)48(34-16-5-2-6-17-34)44-29-28-37(32-46(44)49)36-19-11-20-38(30-36)40-25-13-26-45-41-22-9-10-27-47(41)51-50(40)45/h1-32H. The van der Waals surface area contributed by atoms with Crippen LogP contribution in [0.4, 0.5) is 0 Å². The van der Waals surface area contributed by atoms with Gasteiger partial charge in [-0.05, 0) is 95.9 Å². The largest absolute Gasteiger partial charge is 0.455 e. The first-order valence-corrected chi connectivity index (χ1v) is 17.5. The van der Waals surface area contributed by atoms with Crippen LogP contribution in [0.25, 0.3) is 99.1 Å². The van der Waals surface area contributed by atoms with Gasteiger partial charge in [0.2, 0.25) is 0 Å². The second-order valence-electron chi connectivity index (χ2n) is 13.2. The molecule has 51 heavy (non-hydrogen) atoms. The molecule has 1 nitrogen and oxygen atoms in total. The van der Waals surface area contributed by atoms with Gasteiger partial charge < -0.3 is 4.42 Å². The van der Waals surface area contributed by atoms with Crippen LogP contribution >= 0.6 is 0 Å². The van der Waals surface area contributed by atoms with Gasteiger partial charge >= 0.3 is 0 Å². The van der Waals surface area contributed by atoms with Crippen molar-refractivity contribution in [1.82, 2.24) is 0 Å². The van der Waals surface area contributed by atoms with Crippen molar-refractivity contribution in [2.45, 2.75) is 0 Å². The van der Waals surface area contributed by atoms with Crippen LogP contribution in [-0.4, -0.2) is 0 Å². The van der Waals surface area contributed by atoms with Crippen molar-refractivity contribution in [1.29, 1.82) is 0 Å². The van der Waals surface area contributed by atoms with Crippen LogP contribution in [0, 0.1) is 0 Å². The minimum absolute atomic E-state index is 0.913. The van der Waals surface area contributed by atoms with E-state index in [0.717, 1.165) is 33.1 Å². The number of fused-ring (bicyclic) bond motifs is 5. The van der Waals surface area contributed by atoms with Gasteiger partial charge in [0.25, 0.3) is 0 Å². The third-order valence-electron chi connectivity index (χ3n) is 10.3. The summed E-state index contributed by atoms with van der Waals surface area (Å²) in [4.78, 5) is 0. The lowest BCUT2D eigenvalue weighted by Gasteiger charge is -2.19. The zero-order valence-electron chi connectivity index (χ0n) is 27.9. The molecule has 1 heteroatoms. The van der Waals surface area contributed by atoms with Crippen molar-refractivity contribution in [3.63, 3.8) is 0 Å². The lowest BCUT2D eigenvalue weighted by molar-refractivity contribution is 0.670. The summed E-state index contributed by atoms with van der Waals surface area (Å²) >= 11 is 0. The summed E-state index contributed by atoms with van der Waals surface area (Å²) in [6, 6.07) is 70.0. The van der Waals surface area contributed by atoms with Gasteiger partial charge in [-0.15, -0.1) is 0 Å². The maximum Gasteiger partial charge on any atom is 0.143 e. The van der Waals surface area contributed by atoms with E-state index in [0.29, 0.717) is 0 Å². The predicted molar refractivity (Wildman–Crippen MR) is 216 cm³/mol. The van der Waals surface area contributed by atoms with Crippen molar-refractivity contribution in [2.24, 2.45) is 0 Å². The molecule has 0 radical (unpaired) electrons. The van der Waals surface area contributed by atoms with Crippen LogP contribution in [-0.2, 0) is 0 Å². The predicted octanol–water partition coefficient (Wildman–Crippen LogP) is 14.2. The maximum atomic E-state index is 6.44. The van der Waals surface area contributed by atoms with Crippen LogP contribution in [0.5, 0.6) is 0 Å². The molecule has 0 aliphatic heterocycles. The average molecular weight is 649 g/mol. The van der Waals surface area contributed by atoms with Crippen LogP contribution < -0.4 is 0 Å². The van der Waals surface area contributed by atoms with E-state index in [4.69, 9.17) is 4.42 Å². The Morgan fingerprint density at radius 3 is 1.51 bits per heavy atom. The van der Waals surface area contributed by atoms with E-state index in [1.165, 1.54) is 66.1 Å². The van der Waals surface area contributed by atoms with Gasteiger partial charge in [-0.3, -0.25) is 0 Å². The monoisotopic (exact) mass is 648 g/mol. The Balaban J connectivity index is 1.22. The van der Waals surface area contributed by atoms with E-state index < -0.39 is 0 Å². The smallest absolute Gasteiger partial charge is 0.143 e. The number of rotatable bonds is 5. The molecule has 0 atom stereocenters. The van der Waals surface area contributed by atoms with E-state index in [9.17, 15) is 0 Å². The quantitative estimate of drug-likeness (QED) is 0.169. The third kappa shape index (κ3) is 4.94. The van der Waals surface area contributed by atoms with Crippen molar-refractivity contribution >= 4 is 43.5 Å². The van der Waals surface area contributed by atoms with Crippen molar-refractivity contribution in [3.05, 3.63) is 194 Å². The van der Waals surface area contributed by atoms with Crippen molar-refractivity contribution < 1.29 is 4.42 Å². The number of furan rings is 1. The van der Waals surface area contributed by atoms with E-state index in [2.05, 4.69) is 182 Å². The lowest BCUT2D eigenvalue weighted by Crippen LogP contribution is -1.92. The molecular weight excluding hydrogens is 617 g/mol. The molecule has 1 aromatic heterocycles. The van der Waals surface area contributed by atoms with E-state index in [-0.39, 0.29) is 0 Å². The number of hydrogen-bond acceptors (Lipinski definition) is 1. The Morgan fingerprint density at radius 2 is 0.745 bits per heavy atom. The summed E-state index contributed by atoms with van der Waals surface area (Å²) < 4.78 is 6.44. The first kappa shape index (κ1) is 29.2. The van der Waals surface area contributed by atoms with Gasteiger partial charge in [-0.2, -0.15) is 0 Å². The number of para-hydroxylation sites is 2.